The molecule has 2 aromatic carbocycles. The van der Waals surface area contributed by atoms with Crippen molar-refractivity contribution in [3.63, 3.8) is 0 Å². The zero-order chi connectivity index (χ0) is 15.2. The first-order valence-electron chi connectivity index (χ1n) is 7.23. The Morgan fingerprint density at radius 1 is 1.05 bits per heavy atom. The molecule has 3 nitrogen and oxygen atoms in total. The summed E-state index contributed by atoms with van der Waals surface area (Å²) >= 11 is 0. The van der Waals surface area contributed by atoms with Gasteiger partial charge in [-0.2, -0.15) is 0 Å². The molecule has 0 unspecified atom stereocenters. The van der Waals surface area contributed by atoms with Crippen molar-refractivity contribution in [3.8, 4) is 11.5 Å². The quantitative estimate of drug-likeness (QED) is 0.891. The maximum absolute atomic E-state index is 11.9. The first-order chi connectivity index (χ1) is 10.1. The van der Waals surface area contributed by atoms with Gasteiger partial charge in [0.1, 0.15) is 11.5 Å². The summed E-state index contributed by atoms with van der Waals surface area (Å²) in [6.07, 6.45) is 0.921. The fourth-order valence-electron chi connectivity index (χ4n) is 1.95. The van der Waals surface area contributed by atoms with Crippen LogP contribution >= 0.6 is 0 Å². The van der Waals surface area contributed by atoms with Gasteiger partial charge in [-0.25, -0.2) is 0 Å². The van der Waals surface area contributed by atoms with Crippen LogP contribution in [0.2, 0.25) is 0 Å². The lowest BCUT2D eigenvalue weighted by molar-refractivity contribution is 0.0953. The summed E-state index contributed by atoms with van der Waals surface area (Å²) in [5.74, 6) is 1.38. The minimum atomic E-state index is -0.0672. The predicted octanol–water partition coefficient (Wildman–Crippen LogP) is 4.24. The highest BCUT2D eigenvalue weighted by Crippen LogP contribution is 2.24. The molecule has 0 atom stereocenters. The summed E-state index contributed by atoms with van der Waals surface area (Å²) in [7, 11) is 0. The van der Waals surface area contributed by atoms with E-state index < -0.39 is 0 Å². The van der Waals surface area contributed by atoms with E-state index in [2.05, 4.69) is 19.2 Å². The molecule has 0 aliphatic heterocycles. The highest BCUT2D eigenvalue weighted by atomic mass is 16.5. The fourth-order valence-corrected chi connectivity index (χ4v) is 1.95. The maximum atomic E-state index is 11.9. The largest absolute Gasteiger partial charge is 0.457 e. The third-order valence-corrected chi connectivity index (χ3v) is 3.35. The van der Waals surface area contributed by atoms with E-state index in [1.807, 2.05) is 37.3 Å². The van der Waals surface area contributed by atoms with Gasteiger partial charge in [0.2, 0.25) is 0 Å². The third-order valence-electron chi connectivity index (χ3n) is 3.35. The number of aryl methyl sites for hydroxylation is 2. The average Bonchev–Trinajstić information content (AvgIpc) is 2.49. The predicted molar refractivity (Wildman–Crippen MR) is 85.1 cm³/mol. The number of benzene rings is 2. The molecule has 110 valence electrons. The highest BCUT2D eigenvalue weighted by Gasteiger charge is 2.06. The number of rotatable bonds is 5. The van der Waals surface area contributed by atoms with E-state index in [1.165, 1.54) is 11.1 Å². The van der Waals surface area contributed by atoms with Crippen molar-refractivity contribution in [1.82, 2.24) is 5.32 Å². The zero-order valence-corrected chi connectivity index (χ0v) is 12.8. The number of ether oxygens (including phenoxy) is 1. The SMILES string of the molecule is CCCNC(=O)c1cccc(Oc2ccc(C)c(C)c2)c1. The maximum Gasteiger partial charge on any atom is 0.251 e. The van der Waals surface area contributed by atoms with Gasteiger partial charge in [-0.05, 0) is 61.7 Å². The van der Waals surface area contributed by atoms with Crippen LogP contribution in [-0.2, 0) is 0 Å². The molecule has 0 heterocycles. The van der Waals surface area contributed by atoms with E-state index in [4.69, 9.17) is 4.74 Å². The van der Waals surface area contributed by atoms with Crippen LogP contribution < -0.4 is 10.1 Å². The molecule has 0 bridgehead atoms. The molecule has 0 aliphatic carbocycles. The Bertz CT molecular complexity index is 635. The van der Waals surface area contributed by atoms with Gasteiger partial charge < -0.3 is 10.1 Å². The normalized spacial score (nSPS) is 10.2. The molecule has 1 amide bonds. The summed E-state index contributed by atoms with van der Waals surface area (Å²) in [4.78, 5) is 11.9. The lowest BCUT2D eigenvalue weighted by Crippen LogP contribution is -2.23. The summed E-state index contributed by atoms with van der Waals surface area (Å²) in [5, 5.41) is 2.86. The Labute approximate surface area is 126 Å². The lowest BCUT2D eigenvalue weighted by atomic mass is 10.1. The number of carbonyl (C=O) groups excluding carboxylic acids is 1. The summed E-state index contributed by atoms with van der Waals surface area (Å²) in [6.45, 7) is 6.83. The Kier molecular flexibility index (Phi) is 4.99. The average molecular weight is 283 g/mol. The van der Waals surface area contributed by atoms with Crippen molar-refractivity contribution in [3.05, 3.63) is 59.2 Å². The summed E-state index contributed by atoms with van der Waals surface area (Å²) in [5.41, 5.74) is 3.03. The molecule has 0 spiro atoms. The molecule has 0 saturated carbocycles. The molecule has 0 aromatic heterocycles. The number of hydrogen-bond acceptors (Lipinski definition) is 2. The molecular weight excluding hydrogens is 262 g/mol. The van der Waals surface area contributed by atoms with Crippen LogP contribution in [0.5, 0.6) is 11.5 Å². The minimum Gasteiger partial charge on any atom is -0.457 e. The molecule has 0 radical (unpaired) electrons. The molecule has 0 fully saturated rings. The van der Waals surface area contributed by atoms with Gasteiger partial charge in [-0.3, -0.25) is 4.79 Å². The van der Waals surface area contributed by atoms with Crippen molar-refractivity contribution >= 4 is 5.91 Å². The van der Waals surface area contributed by atoms with E-state index in [-0.39, 0.29) is 5.91 Å². The van der Waals surface area contributed by atoms with Gasteiger partial charge in [-0.1, -0.05) is 19.1 Å². The van der Waals surface area contributed by atoms with E-state index in [0.29, 0.717) is 17.9 Å². The molecule has 3 heteroatoms. The fraction of sp³-hybridized carbons (Fsp3) is 0.278. The second-order valence-corrected chi connectivity index (χ2v) is 5.13. The topological polar surface area (TPSA) is 38.3 Å². The molecule has 1 N–H and O–H groups in total. The smallest absolute Gasteiger partial charge is 0.251 e. The van der Waals surface area contributed by atoms with Gasteiger partial charge >= 0.3 is 0 Å². The molecular formula is C18H21NO2. The summed E-state index contributed by atoms with van der Waals surface area (Å²) in [6, 6.07) is 13.2. The van der Waals surface area contributed by atoms with Crippen LogP contribution in [0.4, 0.5) is 0 Å². The molecule has 0 aliphatic rings. The van der Waals surface area contributed by atoms with Gasteiger partial charge in [0, 0.05) is 12.1 Å². The van der Waals surface area contributed by atoms with Crippen molar-refractivity contribution < 1.29 is 9.53 Å². The van der Waals surface area contributed by atoms with Crippen LogP contribution in [0.1, 0.15) is 34.8 Å². The zero-order valence-electron chi connectivity index (χ0n) is 12.8. The minimum absolute atomic E-state index is 0.0672. The first-order valence-corrected chi connectivity index (χ1v) is 7.23. The van der Waals surface area contributed by atoms with Crippen molar-refractivity contribution in [2.75, 3.05) is 6.54 Å². The van der Waals surface area contributed by atoms with E-state index in [9.17, 15) is 4.79 Å². The lowest BCUT2D eigenvalue weighted by Gasteiger charge is -2.09. The van der Waals surface area contributed by atoms with Crippen molar-refractivity contribution in [2.45, 2.75) is 27.2 Å². The van der Waals surface area contributed by atoms with Gasteiger partial charge in [0.05, 0.1) is 0 Å². The molecule has 0 saturated heterocycles. The number of carbonyl (C=O) groups is 1. The molecule has 2 rings (SSSR count). The van der Waals surface area contributed by atoms with Crippen LogP contribution in [0.3, 0.4) is 0 Å². The number of nitrogens with one attached hydrogen (secondary N) is 1. The molecule has 2 aromatic rings. The van der Waals surface area contributed by atoms with Gasteiger partial charge in [0.15, 0.2) is 0 Å². The monoisotopic (exact) mass is 283 g/mol. The Balaban J connectivity index is 2.13. The third kappa shape index (κ3) is 4.09. The van der Waals surface area contributed by atoms with Crippen LogP contribution in [0.25, 0.3) is 0 Å². The summed E-state index contributed by atoms with van der Waals surface area (Å²) < 4.78 is 5.83. The van der Waals surface area contributed by atoms with E-state index in [1.54, 1.807) is 12.1 Å². The van der Waals surface area contributed by atoms with Gasteiger partial charge in [0.25, 0.3) is 5.91 Å². The van der Waals surface area contributed by atoms with E-state index in [0.717, 1.165) is 12.2 Å². The standard InChI is InChI=1S/C18H21NO2/c1-4-10-19-18(20)15-6-5-7-16(12-15)21-17-9-8-13(2)14(3)11-17/h5-9,11-12H,4,10H2,1-3H3,(H,19,20). The van der Waals surface area contributed by atoms with Gasteiger partial charge in [-0.15, -0.1) is 0 Å². The van der Waals surface area contributed by atoms with E-state index >= 15 is 0 Å². The van der Waals surface area contributed by atoms with Crippen LogP contribution in [-0.4, -0.2) is 12.5 Å². The second kappa shape index (κ2) is 6.93. The first kappa shape index (κ1) is 15.1. The van der Waals surface area contributed by atoms with Crippen molar-refractivity contribution in [2.24, 2.45) is 0 Å². The Morgan fingerprint density at radius 3 is 2.52 bits per heavy atom. The Hall–Kier alpha value is -2.29. The molecule has 21 heavy (non-hydrogen) atoms. The number of amides is 1. The van der Waals surface area contributed by atoms with Crippen LogP contribution in [0.15, 0.2) is 42.5 Å². The number of hydrogen-bond donors (Lipinski definition) is 1. The van der Waals surface area contributed by atoms with Crippen LogP contribution in [0, 0.1) is 13.8 Å². The highest BCUT2D eigenvalue weighted by molar-refractivity contribution is 5.94. The second-order valence-electron chi connectivity index (χ2n) is 5.13. The Morgan fingerprint density at radius 2 is 1.81 bits per heavy atom. The van der Waals surface area contributed by atoms with Crippen molar-refractivity contribution in [1.29, 1.82) is 0 Å².